The van der Waals surface area contributed by atoms with Crippen molar-refractivity contribution >= 4 is 44.5 Å². The van der Waals surface area contributed by atoms with Crippen molar-refractivity contribution < 1.29 is 22.1 Å². The third kappa shape index (κ3) is 3.90. The van der Waals surface area contributed by atoms with Crippen molar-refractivity contribution in [3.8, 4) is 11.5 Å². The lowest BCUT2D eigenvalue weighted by molar-refractivity contribution is 0.101. The topological polar surface area (TPSA) is 74.6 Å². The Labute approximate surface area is 195 Å². The number of para-hydroxylation sites is 1. The van der Waals surface area contributed by atoms with E-state index in [1.54, 1.807) is 6.08 Å². The van der Waals surface area contributed by atoms with Gasteiger partial charge in [-0.15, -0.1) is 0 Å². The molecule has 8 heteroatoms. The summed E-state index contributed by atoms with van der Waals surface area (Å²) in [6.07, 6.45) is 3.69. The number of carbonyl (C=O) groups excluding carboxylic acids is 1. The Morgan fingerprint density at radius 1 is 1.06 bits per heavy atom. The lowest BCUT2D eigenvalue weighted by atomic mass is 10.1. The number of carbonyl (C=O) groups is 1. The van der Waals surface area contributed by atoms with Gasteiger partial charge in [-0.3, -0.25) is 4.79 Å². The highest BCUT2D eigenvalue weighted by Crippen LogP contribution is 2.36. The molecular weight excluding hydrogens is 462 g/mol. The predicted octanol–water partition coefficient (Wildman–Crippen LogP) is 5.70. The lowest BCUT2D eigenvalue weighted by Gasteiger charge is -2.08. The monoisotopic (exact) mass is 479 g/mol. The summed E-state index contributed by atoms with van der Waals surface area (Å²) in [6, 6.07) is 17.9. The minimum atomic E-state index is -4.06. The van der Waals surface area contributed by atoms with E-state index in [0.29, 0.717) is 10.6 Å². The van der Waals surface area contributed by atoms with Crippen LogP contribution in [0.3, 0.4) is 0 Å². The normalized spacial score (nSPS) is 14.5. The van der Waals surface area contributed by atoms with Crippen LogP contribution >= 0.6 is 11.6 Å². The fourth-order valence-electron chi connectivity index (χ4n) is 3.79. The van der Waals surface area contributed by atoms with Gasteiger partial charge in [0.1, 0.15) is 16.4 Å². The number of aryl methyl sites for hydroxylation is 1. The molecule has 0 fully saturated rings. The summed E-state index contributed by atoms with van der Waals surface area (Å²) in [5.74, 6) is 0.182. The molecule has 0 radical (unpaired) electrons. The Kier molecular flexibility index (Phi) is 5.23. The van der Waals surface area contributed by atoms with Crippen LogP contribution in [0.5, 0.6) is 11.5 Å². The number of allylic oxidation sites excluding steroid dienone is 1. The molecule has 0 bridgehead atoms. The summed E-state index contributed by atoms with van der Waals surface area (Å²) < 4.78 is 38.2. The SMILES string of the molecule is CCn1cc(/C=C2/Oc3cc(OS(=O)(=O)c4ccc(Cl)cc4)ccc3C2=O)c2ccccc21. The number of Topliss-reactive ketones (excluding diaryl/α,β-unsaturated/α-hetero) is 1. The molecule has 6 nitrogen and oxygen atoms in total. The maximum atomic E-state index is 12.9. The summed E-state index contributed by atoms with van der Waals surface area (Å²) in [6.45, 7) is 2.84. The molecule has 0 N–H and O–H groups in total. The predicted molar refractivity (Wildman–Crippen MR) is 126 cm³/mol. The first kappa shape index (κ1) is 21.3. The van der Waals surface area contributed by atoms with Crippen molar-refractivity contribution in [1.82, 2.24) is 4.57 Å². The molecule has 4 aromatic rings. The summed E-state index contributed by atoms with van der Waals surface area (Å²) in [4.78, 5) is 12.9. The van der Waals surface area contributed by atoms with Crippen molar-refractivity contribution in [1.29, 1.82) is 0 Å². The molecule has 33 heavy (non-hydrogen) atoms. The van der Waals surface area contributed by atoms with Gasteiger partial charge in [-0.25, -0.2) is 0 Å². The van der Waals surface area contributed by atoms with E-state index in [4.69, 9.17) is 20.5 Å². The zero-order valence-electron chi connectivity index (χ0n) is 17.5. The molecule has 0 amide bonds. The zero-order valence-corrected chi connectivity index (χ0v) is 19.1. The van der Waals surface area contributed by atoms with Crippen LogP contribution in [0.4, 0.5) is 0 Å². The van der Waals surface area contributed by atoms with E-state index in [9.17, 15) is 13.2 Å². The van der Waals surface area contributed by atoms with Gasteiger partial charge < -0.3 is 13.5 Å². The third-order valence-corrected chi connectivity index (χ3v) is 6.91. The Bertz CT molecular complexity index is 1540. The number of ether oxygens (including phenoxy) is 1. The van der Waals surface area contributed by atoms with E-state index in [1.165, 1.54) is 42.5 Å². The largest absolute Gasteiger partial charge is 0.452 e. The van der Waals surface area contributed by atoms with E-state index in [2.05, 4.69) is 11.5 Å². The van der Waals surface area contributed by atoms with E-state index >= 15 is 0 Å². The number of fused-ring (bicyclic) bond motifs is 2. The highest BCUT2D eigenvalue weighted by molar-refractivity contribution is 7.87. The molecule has 0 aliphatic carbocycles. The van der Waals surface area contributed by atoms with Crippen LogP contribution in [0.2, 0.25) is 5.02 Å². The average molecular weight is 480 g/mol. The molecule has 0 atom stereocenters. The molecule has 0 unspecified atom stereocenters. The second-order valence-corrected chi connectivity index (χ2v) is 9.46. The van der Waals surface area contributed by atoms with Crippen LogP contribution in [0.1, 0.15) is 22.8 Å². The average Bonchev–Trinajstić information content (AvgIpc) is 3.31. The second-order valence-electron chi connectivity index (χ2n) is 7.48. The zero-order chi connectivity index (χ0) is 23.2. The maximum absolute atomic E-state index is 12.9. The van der Waals surface area contributed by atoms with Gasteiger partial charge in [0, 0.05) is 40.3 Å². The van der Waals surface area contributed by atoms with Crippen molar-refractivity contribution in [2.45, 2.75) is 18.4 Å². The van der Waals surface area contributed by atoms with E-state index in [0.717, 1.165) is 23.0 Å². The van der Waals surface area contributed by atoms with Crippen LogP contribution in [0.25, 0.3) is 17.0 Å². The van der Waals surface area contributed by atoms with Crippen molar-refractivity contribution in [3.63, 3.8) is 0 Å². The van der Waals surface area contributed by atoms with Crippen molar-refractivity contribution in [3.05, 3.63) is 94.8 Å². The van der Waals surface area contributed by atoms with Crippen LogP contribution in [-0.4, -0.2) is 18.8 Å². The number of aromatic nitrogens is 1. The molecule has 166 valence electrons. The number of ketones is 1. The molecule has 5 rings (SSSR count). The standard InChI is InChI=1S/C25H18ClNO5S/c1-2-27-15-16(20-5-3-4-6-22(20)27)13-24-25(28)21-12-9-18(14-23(21)31-24)32-33(29,30)19-10-7-17(26)8-11-19/h3-15H,2H2,1H3/b24-13+. The lowest BCUT2D eigenvalue weighted by Crippen LogP contribution is -2.09. The number of nitrogens with zero attached hydrogens (tertiary/aromatic N) is 1. The minimum absolute atomic E-state index is 0.0303. The fraction of sp³-hybridized carbons (Fsp3) is 0.0800. The number of hydrogen-bond donors (Lipinski definition) is 0. The molecular formula is C25H18ClNO5S. The highest BCUT2D eigenvalue weighted by atomic mass is 35.5. The molecule has 1 aromatic heterocycles. The van der Waals surface area contributed by atoms with Gasteiger partial charge in [-0.05, 0) is 55.5 Å². The maximum Gasteiger partial charge on any atom is 0.339 e. The molecule has 2 heterocycles. The Morgan fingerprint density at radius 2 is 1.82 bits per heavy atom. The third-order valence-electron chi connectivity index (χ3n) is 5.40. The smallest absolute Gasteiger partial charge is 0.339 e. The first-order valence-corrected chi connectivity index (χ1v) is 12.0. The highest BCUT2D eigenvalue weighted by Gasteiger charge is 2.29. The van der Waals surface area contributed by atoms with Gasteiger partial charge in [-0.1, -0.05) is 29.8 Å². The first-order chi connectivity index (χ1) is 15.9. The first-order valence-electron chi connectivity index (χ1n) is 10.2. The van der Waals surface area contributed by atoms with Crippen LogP contribution < -0.4 is 8.92 Å². The summed E-state index contributed by atoms with van der Waals surface area (Å²) in [5, 5.41) is 1.43. The Hall–Kier alpha value is -3.55. The van der Waals surface area contributed by atoms with Crippen LogP contribution in [0, 0.1) is 0 Å². The van der Waals surface area contributed by atoms with Gasteiger partial charge in [-0.2, -0.15) is 8.42 Å². The summed E-state index contributed by atoms with van der Waals surface area (Å²) >= 11 is 5.82. The molecule has 3 aromatic carbocycles. The van der Waals surface area contributed by atoms with Crippen LogP contribution in [-0.2, 0) is 16.7 Å². The van der Waals surface area contributed by atoms with Gasteiger partial charge in [0.25, 0.3) is 0 Å². The number of hydrogen-bond acceptors (Lipinski definition) is 5. The van der Waals surface area contributed by atoms with Crippen molar-refractivity contribution in [2.24, 2.45) is 0 Å². The van der Waals surface area contributed by atoms with E-state index < -0.39 is 10.1 Å². The molecule has 0 spiro atoms. The number of rotatable bonds is 5. The number of halogens is 1. The molecule has 0 saturated carbocycles. The minimum Gasteiger partial charge on any atom is -0.452 e. The summed E-state index contributed by atoms with van der Waals surface area (Å²) in [7, 11) is -4.06. The second kappa shape index (κ2) is 8.10. The Morgan fingerprint density at radius 3 is 2.58 bits per heavy atom. The fourth-order valence-corrected chi connectivity index (χ4v) is 4.84. The molecule has 1 aliphatic rings. The molecule has 1 aliphatic heterocycles. The van der Waals surface area contributed by atoms with Gasteiger partial charge >= 0.3 is 10.1 Å². The van der Waals surface area contributed by atoms with Crippen LogP contribution in [0.15, 0.2) is 83.6 Å². The van der Waals surface area contributed by atoms with E-state index in [-0.39, 0.29) is 27.9 Å². The van der Waals surface area contributed by atoms with Crippen molar-refractivity contribution in [2.75, 3.05) is 0 Å². The quantitative estimate of drug-likeness (QED) is 0.271. The van der Waals surface area contributed by atoms with Gasteiger partial charge in [0.2, 0.25) is 5.78 Å². The molecule has 0 saturated heterocycles. The summed E-state index contributed by atoms with van der Waals surface area (Å²) in [5.41, 5.74) is 2.28. The van der Waals surface area contributed by atoms with E-state index in [1.807, 2.05) is 30.5 Å². The number of benzene rings is 3. The van der Waals surface area contributed by atoms with Gasteiger partial charge in [0.05, 0.1) is 5.56 Å². The Balaban J connectivity index is 1.45. The van der Waals surface area contributed by atoms with Gasteiger partial charge in [0.15, 0.2) is 5.76 Å².